The molecule has 1 aliphatic carbocycles. The molecule has 0 aromatic heterocycles. The van der Waals surface area contributed by atoms with Gasteiger partial charge in [0.1, 0.15) is 5.78 Å². The van der Waals surface area contributed by atoms with Crippen LogP contribution < -0.4 is 0 Å². The highest BCUT2D eigenvalue weighted by Crippen LogP contribution is 2.26. The van der Waals surface area contributed by atoms with Gasteiger partial charge in [-0.15, -0.1) is 0 Å². The monoisotopic (exact) mass is 275 g/mol. The van der Waals surface area contributed by atoms with E-state index in [4.69, 9.17) is 0 Å². The number of nitro groups is 1. The second-order valence-electron chi connectivity index (χ2n) is 5.71. The number of aryl methyl sites for hydroxylation is 1. The molecule has 0 amide bonds. The molecule has 1 saturated carbocycles. The number of Topliss-reactive ketones (excluding diaryl/α,β-unsaturated/α-hetero) is 1. The lowest BCUT2D eigenvalue weighted by Gasteiger charge is -2.22. The molecule has 0 aliphatic heterocycles. The summed E-state index contributed by atoms with van der Waals surface area (Å²) in [7, 11) is 0. The molecular formula is C16H21NO3. The first kappa shape index (κ1) is 14.7. The highest BCUT2D eigenvalue weighted by Gasteiger charge is 2.31. The van der Waals surface area contributed by atoms with Gasteiger partial charge in [0, 0.05) is 30.1 Å². The van der Waals surface area contributed by atoms with Gasteiger partial charge in [0.05, 0.1) is 0 Å². The first-order chi connectivity index (χ1) is 9.58. The third-order valence-corrected chi connectivity index (χ3v) is 4.25. The number of ketones is 1. The zero-order valence-corrected chi connectivity index (χ0v) is 11.9. The molecule has 0 unspecified atom stereocenters. The SMILES string of the molecule is Cc1ccccc1C[C@H](C[C@@H]1CCCCC1=O)[N+](=O)[O-]. The Labute approximate surface area is 119 Å². The van der Waals surface area contributed by atoms with Crippen molar-refractivity contribution >= 4 is 5.78 Å². The Hall–Kier alpha value is -1.71. The van der Waals surface area contributed by atoms with E-state index >= 15 is 0 Å². The Kier molecular flexibility index (Phi) is 4.88. The predicted octanol–water partition coefficient (Wildman–Crippen LogP) is 3.33. The van der Waals surface area contributed by atoms with Crippen LogP contribution in [0, 0.1) is 23.0 Å². The lowest BCUT2D eigenvalue weighted by Crippen LogP contribution is -2.30. The molecule has 0 bridgehead atoms. The second-order valence-corrected chi connectivity index (χ2v) is 5.71. The molecule has 0 heterocycles. The Morgan fingerprint density at radius 1 is 1.35 bits per heavy atom. The summed E-state index contributed by atoms with van der Waals surface area (Å²) in [5.74, 6) is 0.107. The Balaban J connectivity index is 2.06. The fraction of sp³-hybridized carbons (Fsp3) is 0.562. The normalized spacial score (nSPS) is 20.6. The van der Waals surface area contributed by atoms with E-state index in [9.17, 15) is 14.9 Å². The molecule has 1 fully saturated rings. The first-order valence-corrected chi connectivity index (χ1v) is 7.28. The van der Waals surface area contributed by atoms with Gasteiger partial charge in [-0.25, -0.2) is 0 Å². The van der Waals surface area contributed by atoms with Crippen LogP contribution in [0.3, 0.4) is 0 Å². The zero-order chi connectivity index (χ0) is 14.5. The van der Waals surface area contributed by atoms with Crippen molar-refractivity contribution in [1.82, 2.24) is 0 Å². The van der Waals surface area contributed by atoms with Crippen LogP contribution in [0.2, 0.25) is 0 Å². The van der Waals surface area contributed by atoms with E-state index in [-0.39, 0.29) is 16.6 Å². The smallest absolute Gasteiger partial charge is 0.217 e. The van der Waals surface area contributed by atoms with Crippen LogP contribution in [0.1, 0.15) is 43.2 Å². The van der Waals surface area contributed by atoms with E-state index in [1.165, 1.54) is 0 Å². The summed E-state index contributed by atoms with van der Waals surface area (Å²) in [5.41, 5.74) is 2.09. The van der Waals surface area contributed by atoms with Crippen molar-refractivity contribution in [2.24, 2.45) is 5.92 Å². The third kappa shape index (κ3) is 3.65. The number of hydrogen-bond acceptors (Lipinski definition) is 3. The standard InChI is InChI=1S/C16H21NO3/c1-12-6-2-3-7-13(12)10-15(17(19)20)11-14-8-4-5-9-16(14)18/h2-3,6-7,14-15H,4-5,8-11H2,1H3/t14-,15+/m0/s1. The summed E-state index contributed by atoms with van der Waals surface area (Å²) in [5, 5.41) is 11.3. The lowest BCUT2D eigenvalue weighted by atomic mass is 9.82. The fourth-order valence-electron chi connectivity index (χ4n) is 2.97. The van der Waals surface area contributed by atoms with Crippen LogP contribution in [0.25, 0.3) is 0 Å². The number of carbonyl (C=O) groups is 1. The molecule has 0 saturated heterocycles. The molecular weight excluding hydrogens is 254 g/mol. The maximum absolute atomic E-state index is 11.8. The highest BCUT2D eigenvalue weighted by molar-refractivity contribution is 5.81. The summed E-state index contributed by atoms with van der Waals surface area (Å²) in [6, 6.07) is 7.10. The van der Waals surface area contributed by atoms with Crippen LogP contribution in [-0.4, -0.2) is 16.7 Å². The van der Waals surface area contributed by atoms with Crippen molar-refractivity contribution in [2.75, 3.05) is 0 Å². The van der Waals surface area contributed by atoms with Crippen LogP contribution >= 0.6 is 0 Å². The van der Waals surface area contributed by atoms with Gasteiger partial charge in [0.25, 0.3) is 0 Å². The molecule has 0 spiro atoms. The van der Waals surface area contributed by atoms with Gasteiger partial charge in [0.15, 0.2) is 0 Å². The topological polar surface area (TPSA) is 60.2 Å². The van der Waals surface area contributed by atoms with Crippen molar-refractivity contribution < 1.29 is 9.72 Å². The van der Waals surface area contributed by atoms with E-state index in [0.29, 0.717) is 19.3 Å². The van der Waals surface area contributed by atoms with Crippen LogP contribution in [0.5, 0.6) is 0 Å². The third-order valence-electron chi connectivity index (χ3n) is 4.25. The number of nitrogens with zero attached hydrogens (tertiary/aromatic N) is 1. The number of hydrogen-bond donors (Lipinski definition) is 0. The average molecular weight is 275 g/mol. The maximum Gasteiger partial charge on any atom is 0.217 e. The molecule has 0 N–H and O–H groups in total. The number of carbonyl (C=O) groups excluding carboxylic acids is 1. The Bertz CT molecular complexity index is 498. The highest BCUT2D eigenvalue weighted by atomic mass is 16.6. The molecule has 2 atom stereocenters. The minimum absolute atomic E-state index is 0.108. The predicted molar refractivity (Wildman–Crippen MR) is 77.2 cm³/mol. The van der Waals surface area contributed by atoms with Gasteiger partial charge in [0.2, 0.25) is 6.04 Å². The lowest BCUT2D eigenvalue weighted by molar-refractivity contribution is -0.524. The van der Waals surface area contributed by atoms with Gasteiger partial charge in [-0.2, -0.15) is 0 Å². The van der Waals surface area contributed by atoms with Gasteiger partial charge in [-0.05, 0) is 30.9 Å². The molecule has 1 aromatic rings. The summed E-state index contributed by atoms with van der Waals surface area (Å²) in [6.07, 6.45) is 4.18. The molecule has 108 valence electrons. The van der Waals surface area contributed by atoms with E-state index in [2.05, 4.69) is 0 Å². The number of benzene rings is 1. The summed E-state index contributed by atoms with van der Waals surface area (Å²) in [4.78, 5) is 22.9. The first-order valence-electron chi connectivity index (χ1n) is 7.28. The second kappa shape index (κ2) is 6.64. The Morgan fingerprint density at radius 3 is 2.75 bits per heavy atom. The Morgan fingerprint density at radius 2 is 2.10 bits per heavy atom. The molecule has 1 aromatic carbocycles. The minimum Gasteiger partial charge on any atom is -0.299 e. The van der Waals surface area contributed by atoms with E-state index in [1.54, 1.807) is 0 Å². The van der Waals surface area contributed by atoms with E-state index in [0.717, 1.165) is 30.4 Å². The molecule has 0 radical (unpaired) electrons. The van der Waals surface area contributed by atoms with Crippen molar-refractivity contribution in [1.29, 1.82) is 0 Å². The average Bonchev–Trinajstić information content (AvgIpc) is 2.42. The summed E-state index contributed by atoms with van der Waals surface area (Å²) < 4.78 is 0. The quantitative estimate of drug-likeness (QED) is 0.611. The van der Waals surface area contributed by atoms with Crippen molar-refractivity contribution in [2.45, 2.75) is 51.5 Å². The van der Waals surface area contributed by atoms with Crippen molar-refractivity contribution in [3.05, 3.63) is 45.5 Å². The van der Waals surface area contributed by atoms with Crippen LogP contribution in [-0.2, 0) is 11.2 Å². The van der Waals surface area contributed by atoms with Crippen LogP contribution in [0.15, 0.2) is 24.3 Å². The zero-order valence-electron chi connectivity index (χ0n) is 11.9. The van der Waals surface area contributed by atoms with E-state index < -0.39 is 6.04 Å². The van der Waals surface area contributed by atoms with Gasteiger partial charge in [-0.3, -0.25) is 14.9 Å². The van der Waals surface area contributed by atoms with Crippen LogP contribution in [0.4, 0.5) is 0 Å². The van der Waals surface area contributed by atoms with Crippen molar-refractivity contribution in [3.8, 4) is 0 Å². The van der Waals surface area contributed by atoms with Gasteiger partial charge >= 0.3 is 0 Å². The summed E-state index contributed by atoms with van der Waals surface area (Å²) in [6.45, 7) is 1.97. The molecule has 20 heavy (non-hydrogen) atoms. The minimum atomic E-state index is -0.650. The number of rotatable bonds is 5. The van der Waals surface area contributed by atoms with Gasteiger partial charge < -0.3 is 0 Å². The fourth-order valence-corrected chi connectivity index (χ4v) is 2.97. The molecule has 1 aliphatic rings. The molecule has 4 nitrogen and oxygen atoms in total. The molecule has 2 rings (SSSR count). The maximum atomic E-state index is 11.8. The molecule has 4 heteroatoms. The summed E-state index contributed by atoms with van der Waals surface area (Å²) >= 11 is 0. The van der Waals surface area contributed by atoms with E-state index in [1.807, 2.05) is 31.2 Å². The largest absolute Gasteiger partial charge is 0.299 e. The van der Waals surface area contributed by atoms with Gasteiger partial charge in [-0.1, -0.05) is 30.7 Å². The van der Waals surface area contributed by atoms with Crippen molar-refractivity contribution in [3.63, 3.8) is 0 Å².